The monoisotopic (exact) mass is 368 g/mol. The molecule has 0 radical (unpaired) electrons. The fourth-order valence-electron chi connectivity index (χ4n) is 4.81. The first kappa shape index (κ1) is 16.3. The van der Waals surface area contributed by atoms with E-state index in [0.29, 0.717) is 0 Å². The minimum Gasteiger partial charge on any atom is -0.0722 e. The van der Waals surface area contributed by atoms with Crippen LogP contribution in [0.25, 0.3) is 38.8 Å². The van der Waals surface area contributed by atoms with Crippen LogP contribution < -0.4 is 5.22 Å². The third kappa shape index (κ3) is 2.53. The SMILES string of the molecule is C1=c2ccc3cccc4ccc(c2c43)C(=C(c2ccccc2)c2ccccc2)C1. The van der Waals surface area contributed by atoms with Crippen molar-refractivity contribution in [2.75, 3.05) is 0 Å². The van der Waals surface area contributed by atoms with E-state index >= 15 is 0 Å². The molecule has 5 aromatic carbocycles. The molecule has 0 bridgehead atoms. The minimum atomic E-state index is 0.944. The molecule has 0 saturated heterocycles. The van der Waals surface area contributed by atoms with E-state index in [4.69, 9.17) is 0 Å². The lowest BCUT2D eigenvalue weighted by Crippen LogP contribution is -2.10. The van der Waals surface area contributed by atoms with Crippen molar-refractivity contribution in [1.29, 1.82) is 0 Å². The van der Waals surface area contributed by atoms with Gasteiger partial charge in [-0.15, -0.1) is 0 Å². The highest BCUT2D eigenvalue weighted by Crippen LogP contribution is 2.40. The van der Waals surface area contributed by atoms with E-state index in [0.717, 1.165) is 6.42 Å². The van der Waals surface area contributed by atoms with E-state index in [-0.39, 0.29) is 0 Å². The van der Waals surface area contributed by atoms with Crippen molar-refractivity contribution in [2.45, 2.75) is 6.42 Å². The van der Waals surface area contributed by atoms with Crippen molar-refractivity contribution < 1.29 is 0 Å². The summed E-state index contributed by atoms with van der Waals surface area (Å²) in [6.45, 7) is 0. The van der Waals surface area contributed by atoms with Crippen molar-refractivity contribution in [1.82, 2.24) is 0 Å². The summed E-state index contributed by atoms with van der Waals surface area (Å²) in [5.74, 6) is 0. The van der Waals surface area contributed by atoms with Crippen LogP contribution in [0, 0.1) is 0 Å². The Balaban J connectivity index is 1.76. The van der Waals surface area contributed by atoms with E-state index in [1.54, 1.807) is 0 Å². The van der Waals surface area contributed by atoms with Crippen molar-refractivity contribution in [2.24, 2.45) is 0 Å². The molecule has 1 aliphatic rings. The van der Waals surface area contributed by atoms with Gasteiger partial charge in [0.1, 0.15) is 0 Å². The summed E-state index contributed by atoms with van der Waals surface area (Å²) in [5, 5.41) is 6.77. The highest BCUT2D eigenvalue weighted by Gasteiger charge is 2.19. The van der Waals surface area contributed by atoms with E-state index < -0.39 is 0 Å². The van der Waals surface area contributed by atoms with Gasteiger partial charge in [-0.2, -0.15) is 0 Å². The fourth-order valence-corrected chi connectivity index (χ4v) is 4.81. The van der Waals surface area contributed by atoms with Gasteiger partial charge in [0.2, 0.25) is 0 Å². The molecule has 0 saturated carbocycles. The number of rotatable bonds is 2. The van der Waals surface area contributed by atoms with Gasteiger partial charge in [-0.1, -0.05) is 109 Å². The predicted molar refractivity (Wildman–Crippen MR) is 125 cm³/mol. The second-order valence-electron chi connectivity index (χ2n) is 7.72. The highest BCUT2D eigenvalue weighted by molar-refractivity contribution is 6.17. The topological polar surface area (TPSA) is 0 Å². The van der Waals surface area contributed by atoms with Crippen molar-refractivity contribution in [3.05, 3.63) is 125 Å². The number of hydrogen-bond donors (Lipinski definition) is 0. The smallest absolute Gasteiger partial charge is 0.00268 e. The van der Waals surface area contributed by atoms with Crippen LogP contribution >= 0.6 is 0 Å². The van der Waals surface area contributed by atoms with E-state index in [2.05, 4.69) is 109 Å². The summed E-state index contributed by atoms with van der Waals surface area (Å²) >= 11 is 0. The zero-order valence-electron chi connectivity index (χ0n) is 16.1. The molecule has 0 heteroatoms. The molecule has 29 heavy (non-hydrogen) atoms. The Hall–Kier alpha value is -3.64. The second-order valence-corrected chi connectivity index (χ2v) is 7.72. The van der Waals surface area contributed by atoms with E-state index in [9.17, 15) is 0 Å². The van der Waals surface area contributed by atoms with Gasteiger partial charge >= 0.3 is 0 Å². The molecule has 6 rings (SSSR count). The van der Waals surface area contributed by atoms with Crippen molar-refractivity contribution in [3.63, 3.8) is 0 Å². The van der Waals surface area contributed by atoms with Gasteiger partial charge in [0, 0.05) is 0 Å². The van der Waals surface area contributed by atoms with Crippen LogP contribution in [-0.4, -0.2) is 0 Å². The minimum absolute atomic E-state index is 0.944. The number of hydrogen-bond acceptors (Lipinski definition) is 0. The molecular weight excluding hydrogens is 348 g/mol. The summed E-state index contributed by atoms with van der Waals surface area (Å²) in [6, 6.07) is 37.4. The van der Waals surface area contributed by atoms with Crippen LogP contribution in [-0.2, 0) is 0 Å². The maximum atomic E-state index is 2.40. The zero-order chi connectivity index (χ0) is 19.2. The molecule has 0 atom stereocenters. The van der Waals surface area contributed by atoms with Crippen LogP contribution in [0.5, 0.6) is 0 Å². The lowest BCUT2D eigenvalue weighted by Gasteiger charge is -2.22. The third-order valence-corrected chi connectivity index (χ3v) is 6.09. The molecule has 1 aliphatic carbocycles. The quantitative estimate of drug-likeness (QED) is 0.319. The molecule has 0 nitrogen and oxygen atoms in total. The highest BCUT2D eigenvalue weighted by atomic mass is 14.2. The van der Waals surface area contributed by atoms with E-state index in [1.807, 2.05) is 0 Å². The van der Waals surface area contributed by atoms with E-state index in [1.165, 1.54) is 54.6 Å². The second kappa shape index (κ2) is 6.46. The maximum absolute atomic E-state index is 2.40. The van der Waals surface area contributed by atoms with Crippen molar-refractivity contribution >= 4 is 38.8 Å². The lowest BCUT2D eigenvalue weighted by atomic mass is 9.82. The average molecular weight is 368 g/mol. The number of allylic oxidation sites excluding steroid dienone is 1. The zero-order valence-corrected chi connectivity index (χ0v) is 16.1. The summed E-state index contributed by atoms with van der Waals surface area (Å²) in [7, 11) is 0. The van der Waals surface area contributed by atoms with Gasteiger partial charge in [0.15, 0.2) is 0 Å². The Morgan fingerprint density at radius 1 is 0.517 bits per heavy atom. The molecule has 0 heterocycles. The Morgan fingerprint density at radius 3 is 1.79 bits per heavy atom. The predicted octanol–water partition coefficient (Wildman–Crippen LogP) is 6.86. The van der Waals surface area contributed by atoms with Gasteiger partial charge in [-0.05, 0) is 61.0 Å². The summed E-state index contributed by atoms with van der Waals surface area (Å²) in [5.41, 5.74) is 6.67. The van der Waals surface area contributed by atoms with Gasteiger partial charge in [-0.25, -0.2) is 0 Å². The van der Waals surface area contributed by atoms with Crippen molar-refractivity contribution in [3.8, 4) is 0 Å². The summed E-state index contributed by atoms with van der Waals surface area (Å²) in [6.07, 6.45) is 3.34. The van der Waals surface area contributed by atoms with Gasteiger partial charge in [0.05, 0.1) is 0 Å². The Bertz CT molecular complexity index is 1380. The van der Waals surface area contributed by atoms with Crippen LogP contribution in [0.3, 0.4) is 0 Å². The van der Waals surface area contributed by atoms with Gasteiger partial charge in [0.25, 0.3) is 0 Å². The maximum Gasteiger partial charge on any atom is -0.00268 e. The average Bonchev–Trinajstić information content (AvgIpc) is 2.80. The molecule has 0 spiro atoms. The normalized spacial score (nSPS) is 12.9. The Morgan fingerprint density at radius 2 is 1.14 bits per heavy atom. The molecule has 136 valence electrons. The summed E-state index contributed by atoms with van der Waals surface area (Å²) in [4.78, 5) is 0. The molecule has 0 fully saturated rings. The number of benzene rings is 5. The molecule has 0 aromatic heterocycles. The molecule has 0 aliphatic heterocycles. The molecule has 5 aromatic rings. The molecule has 0 amide bonds. The first-order valence-electron chi connectivity index (χ1n) is 10.2. The Kier molecular flexibility index (Phi) is 3.64. The van der Waals surface area contributed by atoms with Crippen LogP contribution in [0.2, 0.25) is 0 Å². The van der Waals surface area contributed by atoms with Gasteiger partial charge in [-0.3, -0.25) is 0 Å². The standard InChI is InChI=1S/C29H20/c1-3-8-20(9-4-1)27(21-10-5-2-6-11-21)25-18-17-24-15-14-22-12-7-13-23-16-19-26(25)29(24)28(22)23/h1-17,19H,18H2. The Labute approximate surface area is 170 Å². The first-order valence-corrected chi connectivity index (χ1v) is 10.2. The molecular formula is C29H20. The summed E-state index contributed by atoms with van der Waals surface area (Å²) < 4.78 is 0. The first-order chi connectivity index (χ1) is 14.4. The van der Waals surface area contributed by atoms with Crippen LogP contribution in [0.1, 0.15) is 23.1 Å². The lowest BCUT2D eigenvalue weighted by molar-refractivity contribution is 1.42. The van der Waals surface area contributed by atoms with Gasteiger partial charge < -0.3 is 0 Å². The third-order valence-electron chi connectivity index (χ3n) is 6.09. The molecule has 0 unspecified atom stereocenters. The van der Waals surface area contributed by atoms with Crippen LogP contribution in [0.4, 0.5) is 0 Å². The largest absolute Gasteiger partial charge is 0.0722 e. The fraction of sp³-hybridized carbons (Fsp3) is 0.0345. The molecule has 0 N–H and O–H groups in total. The van der Waals surface area contributed by atoms with Crippen LogP contribution in [0.15, 0.2) is 103 Å².